The van der Waals surface area contributed by atoms with Gasteiger partial charge in [-0.05, 0) is 42.8 Å². The van der Waals surface area contributed by atoms with Gasteiger partial charge < -0.3 is 24.8 Å². The van der Waals surface area contributed by atoms with Gasteiger partial charge in [0, 0.05) is 29.7 Å². The topological polar surface area (TPSA) is 113 Å². The summed E-state index contributed by atoms with van der Waals surface area (Å²) in [6, 6.07) is 14.7. The Hall–Kier alpha value is -4.73. The first-order valence-corrected chi connectivity index (χ1v) is 12.3. The summed E-state index contributed by atoms with van der Waals surface area (Å²) >= 11 is 0. The molecule has 1 unspecified atom stereocenters. The quantitative estimate of drug-likeness (QED) is 0.372. The molecule has 9 nitrogen and oxygen atoms in total. The third kappa shape index (κ3) is 4.93. The normalized spacial score (nSPS) is 14.6. The summed E-state index contributed by atoms with van der Waals surface area (Å²) in [7, 11) is 4.66. The molecule has 2 aromatic carbocycles. The minimum Gasteiger partial charge on any atom is -0.497 e. The lowest BCUT2D eigenvalue weighted by atomic mass is 9.88. The third-order valence-electron chi connectivity index (χ3n) is 6.84. The number of carbonyl (C=O) groups is 1. The Morgan fingerprint density at radius 2 is 1.82 bits per heavy atom. The Labute approximate surface area is 225 Å². The predicted molar refractivity (Wildman–Crippen MR) is 143 cm³/mol. The summed E-state index contributed by atoms with van der Waals surface area (Å²) < 4.78 is 30.9. The number of methoxy groups -OCH3 is 3. The van der Waals surface area contributed by atoms with E-state index in [0.717, 1.165) is 5.56 Å². The second kappa shape index (κ2) is 10.6. The molecule has 0 fully saturated rings. The van der Waals surface area contributed by atoms with Gasteiger partial charge in [-0.1, -0.05) is 12.1 Å². The first-order valence-electron chi connectivity index (χ1n) is 12.3. The summed E-state index contributed by atoms with van der Waals surface area (Å²) in [4.78, 5) is 29.0. The van der Waals surface area contributed by atoms with Crippen LogP contribution in [-0.4, -0.2) is 47.1 Å². The summed E-state index contributed by atoms with van der Waals surface area (Å²) in [6.45, 7) is 1.95. The van der Waals surface area contributed by atoms with Crippen molar-refractivity contribution in [2.45, 2.75) is 25.9 Å². The van der Waals surface area contributed by atoms with Crippen molar-refractivity contribution in [3.63, 3.8) is 0 Å². The molecule has 1 atom stereocenters. The molecule has 4 aromatic rings. The van der Waals surface area contributed by atoms with Crippen LogP contribution in [0.1, 0.15) is 38.9 Å². The fraction of sp³-hybridized carbons (Fsp3) is 0.241. The lowest BCUT2D eigenvalue weighted by Crippen LogP contribution is -2.41. The zero-order chi connectivity index (χ0) is 27.7. The Bertz CT molecular complexity index is 1560. The average molecular weight is 530 g/mol. The Morgan fingerprint density at radius 1 is 1.00 bits per heavy atom. The molecule has 39 heavy (non-hydrogen) atoms. The molecule has 0 aliphatic carbocycles. The van der Waals surface area contributed by atoms with Gasteiger partial charge in [0.2, 0.25) is 11.8 Å². The Kier molecular flexibility index (Phi) is 7.02. The SMILES string of the molecule is COc1ccc(CN2C(=O)c3c(C)nc(N)nc3CC2c2ccc(F)cc2-c2cccc(OC)n2)c(OC)c1. The zero-order valence-electron chi connectivity index (χ0n) is 22.1. The van der Waals surface area contributed by atoms with Crippen LogP contribution in [0, 0.1) is 12.7 Å². The molecule has 1 aliphatic heterocycles. The number of benzene rings is 2. The molecular weight excluding hydrogens is 501 g/mol. The van der Waals surface area contributed by atoms with Crippen molar-refractivity contribution in [1.29, 1.82) is 0 Å². The number of pyridine rings is 1. The molecule has 0 saturated heterocycles. The summed E-state index contributed by atoms with van der Waals surface area (Å²) in [5.74, 6) is 1.01. The van der Waals surface area contributed by atoms with Crippen LogP contribution in [0.25, 0.3) is 11.3 Å². The number of nitrogens with two attached hydrogens (primary N) is 1. The number of carbonyl (C=O) groups excluding carboxylic acids is 1. The third-order valence-corrected chi connectivity index (χ3v) is 6.84. The molecule has 0 radical (unpaired) electrons. The van der Waals surface area contributed by atoms with Crippen LogP contribution >= 0.6 is 0 Å². The van der Waals surface area contributed by atoms with Crippen molar-refractivity contribution in [2.75, 3.05) is 27.1 Å². The molecule has 5 rings (SSSR count). The van der Waals surface area contributed by atoms with Crippen molar-refractivity contribution in [3.8, 4) is 28.6 Å². The number of nitrogens with zero attached hydrogens (tertiary/aromatic N) is 4. The van der Waals surface area contributed by atoms with E-state index >= 15 is 0 Å². The van der Waals surface area contributed by atoms with Crippen molar-refractivity contribution in [2.24, 2.45) is 0 Å². The van der Waals surface area contributed by atoms with E-state index in [1.165, 1.54) is 19.2 Å². The number of amides is 1. The van der Waals surface area contributed by atoms with Crippen molar-refractivity contribution in [3.05, 3.63) is 88.5 Å². The van der Waals surface area contributed by atoms with E-state index < -0.39 is 11.9 Å². The van der Waals surface area contributed by atoms with Crippen LogP contribution in [0.4, 0.5) is 10.3 Å². The summed E-state index contributed by atoms with van der Waals surface area (Å²) in [5, 5.41) is 0. The highest BCUT2D eigenvalue weighted by molar-refractivity contribution is 5.98. The minimum absolute atomic E-state index is 0.0943. The van der Waals surface area contributed by atoms with Gasteiger partial charge in [-0.2, -0.15) is 0 Å². The van der Waals surface area contributed by atoms with Crippen LogP contribution in [-0.2, 0) is 13.0 Å². The number of nitrogen functional groups attached to an aromatic ring is 1. The molecule has 10 heteroatoms. The number of hydrogen-bond acceptors (Lipinski definition) is 8. The second-order valence-corrected chi connectivity index (χ2v) is 9.12. The first kappa shape index (κ1) is 25.9. The molecule has 2 N–H and O–H groups in total. The highest BCUT2D eigenvalue weighted by atomic mass is 19.1. The molecular formula is C29H28FN5O4. The van der Waals surface area contributed by atoms with Crippen LogP contribution < -0.4 is 19.9 Å². The van der Waals surface area contributed by atoms with Gasteiger partial charge in [-0.25, -0.2) is 19.3 Å². The van der Waals surface area contributed by atoms with Gasteiger partial charge in [-0.3, -0.25) is 4.79 Å². The van der Waals surface area contributed by atoms with E-state index in [1.54, 1.807) is 56.4 Å². The largest absolute Gasteiger partial charge is 0.497 e. The van der Waals surface area contributed by atoms with Gasteiger partial charge in [0.15, 0.2) is 0 Å². The first-order chi connectivity index (χ1) is 18.8. The molecule has 1 amide bonds. The predicted octanol–water partition coefficient (Wildman–Crippen LogP) is 4.53. The standard InChI is InChI=1S/C29H28FN5O4/c1-16-27-23(34-29(31)32-16)14-24(35(28(27)36)15-17-8-10-19(37-2)13-25(17)38-3)20-11-9-18(30)12-21(20)22-6-5-7-26(33-22)39-4/h5-13,24H,14-15H2,1-4H3,(H2,31,32,34). The monoisotopic (exact) mass is 529 g/mol. The number of aryl methyl sites for hydroxylation is 1. The number of fused-ring (bicyclic) bond motifs is 1. The van der Waals surface area contributed by atoms with Crippen LogP contribution in [0.2, 0.25) is 0 Å². The van der Waals surface area contributed by atoms with Gasteiger partial charge in [0.25, 0.3) is 5.91 Å². The average Bonchev–Trinajstić information content (AvgIpc) is 2.94. The molecule has 200 valence electrons. The van der Waals surface area contributed by atoms with E-state index in [4.69, 9.17) is 19.9 Å². The highest BCUT2D eigenvalue weighted by Gasteiger charge is 2.38. The second-order valence-electron chi connectivity index (χ2n) is 9.12. The van der Waals surface area contributed by atoms with Crippen molar-refractivity contribution >= 4 is 11.9 Å². The number of anilines is 1. The van der Waals surface area contributed by atoms with Crippen molar-refractivity contribution < 1.29 is 23.4 Å². The zero-order valence-corrected chi connectivity index (χ0v) is 22.1. The van der Waals surface area contributed by atoms with E-state index in [2.05, 4.69) is 15.0 Å². The maximum Gasteiger partial charge on any atom is 0.258 e. The van der Waals surface area contributed by atoms with Crippen LogP contribution in [0.3, 0.4) is 0 Å². The molecule has 3 heterocycles. The fourth-order valence-electron chi connectivity index (χ4n) is 5.01. The smallest absolute Gasteiger partial charge is 0.258 e. The number of halogens is 1. The van der Waals surface area contributed by atoms with Gasteiger partial charge in [0.1, 0.15) is 17.3 Å². The number of ether oxygens (including phenoxy) is 3. The number of aromatic nitrogens is 3. The summed E-state index contributed by atoms with van der Waals surface area (Å²) in [5.41, 5.74) is 9.96. The van der Waals surface area contributed by atoms with Crippen LogP contribution in [0.5, 0.6) is 17.4 Å². The maximum atomic E-state index is 14.6. The van der Waals surface area contributed by atoms with Gasteiger partial charge in [0.05, 0.1) is 56.6 Å². The molecule has 0 bridgehead atoms. The maximum absolute atomic E-state index is 14.6. The lowest BCUT2D eigenvalue weighted by Gasteiger charge is -2.38. The fourth-order valence-corrected chi connectivity index (χ4v) is 5.01. The minimum atomic E-state index is -0.519. The van der Waals surface area contributed by atoms with E-state index in [9.17, 15) is 9.18 Å². The molecule has 0 saturated carbocycles. The lowest BCUT2D eigenvalue weighted by molar-refractivity contribution is 0.0623. The number of rotatable bonds is 7. The van der Waals surface area contributed by atoms with Crippen molar-refractivity contribution in [1.82, 2.24) is 19.9 Å². The Morgan fingerprint density at radius 3 is 2.56 bits per heavy atom. The molecule has 1 aliphatic rings. The Balaban J connectivity index is 1.68. The molecule has 2 aromatic heterocycles. The van der Waals surface area contributed by atoms with Crippen LogP contribution in [0.15, 0.2) is 54.6 Å². The van der Waals surface area contributed by atoms with E-state index in [-0.39, 0.29) is 18.4 Å². The van der Waals surface area contributed by atoms with E-state index in [1.807, 2.05) is 12.1 Å². The number of hydrogen-bond donors (Lipinski definition) is 1. The highest BCUT2D eigenvalue weighted by Crippen LogP contribution is 2.40. The molecule has 0 spiro atoms. The van der Waals surface area contributed by atoms with Gasteiger partial charge in [-0.15, -0.1) is 0 Å². The van der Waals surface area contributed by atoms with E-state index in [0.29, 0.717) is 57.6 Å². The summed E-state index contributed by atoms with van der Waals surface area (Å²) in [6.07, 6.45) is 0.343. The van der Waals surface area contributed by atoms with Gasteiger partial charge >= 0.3 is 0 Å².